The Kier molecular flexibility index (Phi) is 3.16. The summed E-state index contributed by atoms with van der Waals surface area (Å²) in [7, 11) is 1.40. The number of ether oxygens (including phenoxy) is 1. The predicted octanol–water partition coefficient (Wildman–Crippen LogP) is 2.96. The molecule has 0 saturated carbocycles. The predicted molar refractivity (Wildman–Crippen MR) is 67.5 cm³/mol. The lowest BCUT2D eigenvalue weighted by atomic mass is 9.98. The van der Waals surface area contributed by atoms with Gasteiger partial charge in [-0.25, -0.2) is 4.39 Å². The Morgan fingerprint density at radius 1 is 1.17 bits per heavy atom. The first-order valence-electron chi connectivity index (χ1n) is 5.30. The van der Waals surface area contributed by atoms with Gasteiger partial charge in [-0.05, 0) is 12.1 Å². The Bertz CT molecular complexity index is 632. The summed E-state index contributed by atoms with van der Waals surface area (Å²) in [6.45, 7) is 0. The standard InChI is InChI=1S/C14H11FN2O/c1-18-13-7-3-5-10(14(13)15)9-4-2-6-12(17)11(9)8-16/h2-7H,17H2,1H3. The smallest absolute Gasteiger partial charge is 0.172 e. The van der Waals surface area contributed by atoms with E-state index in [2.05, 4.69) is 0 Å². The summed E-state index contributed by atoms with van der Waals surface area (Å²) in [4.78, 5) is 0. The molecule has 3 nitrogen and oxygen atoms in total. The molecule has 0 aliphatic heterocycles. The molecule has 0 aromatic heterocycles. The molecule has 0 fully saturated rings. The summed E-state index contributed by atoms with van der Waals surface area (Å²) < 4.78 is 19.1. The molecule has 18 heavy (non-hydrogen) atoms. The van der Waals surface area contributed by atoms with Crippen LogP contribution in [-0.2, 0) is 0 Å². The molecule has 0 amide bonds. The van der Waals surface area contributed by atoms with E-state index in [0.29, 0.717) is 16.8 Å². The van der Waals surface area contributed by atoms with Crippen LogP contribution in [0.4, 0.5) is 10.1 Å². The molecule has 90 valence electrons. The second-order valence-electron chi connectivity index (χ2n) is 3.70. The Labute approximate surface area is 104 Å². The van der Waals surface area contributed by atoms with Crippen molar-refractivity contribution in [1.82, 2.24) is 0 Å². The number of nitrogens with zero attached hydrogens (tertiary/aromatic N) is 1. The summed E-state index contributed by atoms with van der Waals surface area (Å²) >= 11 is 0. The molecule has 0 spiro atoms. The van der Waals surface area contributed by atoms with Crippen molar-refractivity contribution >= 4 is 5.69 Å². The van der Waals surface area contributed by atoms with Gasteiger partial charge in [-0.1, -0.05) is 24.3 Å². The summed E-state index contributed by atoms with van der Waals surface area (Å²) in [6, 6.07) is 11.7. The number of halogens is 1. The normalized spacial score (nSPS) is 9.83. The molecule has 2 aromatic rings. The molecule has 0 bridgehead atoms. The maximum absolute atomic E-state index is 14.1. The van der Waals surface area contributed by atoms with Crippen LogP contribution in [0.3, 0.4) is 0 Å². The number of hydrogen-bond acceptors (Lipinski definition) is 3. The number of rotatable bonds is 2. The SMILES string of the molecule is COc1cccc(-c2cccc(N)c2C#N)c1F. The molecule has 2 rings (SSSR count). The highest BCUT2D eigenvalue weighted by atomic mass is 19.1. The second-order valence-corrected chi connectivity index (χ2v) is 3.70. The first-order valence-corrected chi connectivity index (χ1v) is 5.30. The average molecular weight is 242 g/mol. The molecule has 0 aliphatic carbocycles. The maximum atomic E-state index is 14.1. The summed E-state index contributed by atoms with van der Waals surface area (Å²) in [5.74, 6) is -0.360. The topological polar surface area (TPSA) is 59.0 Å². The first kappa shape index (κ1) is 11.9. The van der Waals surface area contributed by atoms with Crippen molar-refractivity contribution in [2.75, 3.05) is 12.8 Å². The van der Waals surface area contributed by atoms with Gasteiger partial charge in [0.1, 0.15) is 6.07 Å². The van der Waals surface area contributed by atoms with Crippen molar-refractivity contribution in [2.24, 2.45) is 0 Å². The number of benzene rings is 2. The highest BCUT2D eigenvalue weighted by Crippen LogP contribution is 2.32. The van der Waals surface area contributed by atoms with E-state index < -0.39 is 5.82 Å². The summed E-state index contributed by atoms with van der Waals surface area (Å²) in [5, 5.41) is 9.09. The van der Waals surface area contributed by atoms with Gasteiger partial charge in [0, 0.05) is 11.1 Å². The third kappa shape index (κ3) is 1.87. The molecule has 0 atom stereocenters. The van der Waals surface area contributed by atoms with Crippen LogP contribution in [0.25, 0.3) is 11.1 Å². The molecule has 0 unspecified atom stereocenters. The molecule has 2 N–H and O–H groups in total. The quantitative estimate of drug-likeness (QED) is 0.823. The minimum Gasteiger partial charge on any atom is -0.494 e. The maximum Gasteiger partial charge on any atom is 0.172 e. The lowest BCUT2D eigenvalue weighted by molar-refractivity contribution is 0.387. The van der Waals surface area contributed by atoms with Crippen LogP contribution in [0.5, 0.6) is 5.75 Å². The number of methoxy groups -OCH3 is 1. The number of nitriles is 1. The van der Waals surface area contributed by atoms with Crippen LogP contribution in [0, 0.1) is 17.1 Å². The minimum absolute atomic E-state index is 0.138. The van der Waals surface area contributed by atoms with Crippen molar-refractivity contribution in [3.63, 3.8) is 0 Å². The van der Waals surface area contributed by atoms with Gasteiger partial charge in [0.15, 0.2) is 11.6 Å². The molecule has 0 heterocycles. The molecule has 0 saturated heterocycles. The molecule has 2 aromatic carbocycles. The van der Waals surface area contributed by atoms with E-state index in [1.807, 2.05) is 6.07 Å². The van der Waals surface area contributed by atoms with Crippen LogP contribution in [0.15, 0.2) is 36.4 Å². The van der Waals surface area contributed by atoms with E-state index >= 15 is 0 Å². The van der Waals surface area contributed by atoms with Gasteiger partial charge < -0.3 is 10.5 Å². The van der Waals surface area contributed by atoms with Crippen LogP contribution in [0.2, 0.25) is 0 Å². The third-order valence-corrected chi connectivity index (χ3v) is 2.68. The fourth-order valence-corrected chi connectivity index (χ4v) is 1.80. The highest BCUT2D eigenvalue weighted by molar-refractivity contribution is 5.77. The highest BCUT2D eigenvalue weighted by Gasteiger charge is 2.14. The Hall–Kier alpha value is -2.54. The van der Waals surface area contributed by atoms with Crippen molar-refractivity contribution in [3.8, 4) is 22.9 Å². The molecular weight excluding hydrogens is 231 g/mol. The van der Waals surface area contributed by atoms with Gasteiger partial charge in [-0.3, -0.25) is 0 Å². The molecule has 0 radical (unpaired) electrons. The zero-order valence-corrected chi connectivity index (χ0v) is 9.77. The lowest BCUT2D eigenvalue weighted by Gasteiger charge is -2.10. The van der Waals surface area contributed by atoms with Gasteiger partial charge in [0.05, 0.1) is 18.4 Å². The van der Waals surface area contributed by atoms with Gasteiger partial charge >= 0.3 is 0 Å². The second kappa shape index (κ2) is 4.76. The van der Waals surface area contributed by atoms with E-state index in [-0.39, 0.29) is 11.3 Å². The lowest BCUT2D eigenvalue weighted by Crippen LogP contribution is -1.96. The molecule has 4 heteroatoms. The monoisotopic (exact) mass is 242 g/mol. The summed E-state index contributed by atoms with van der Waals surface area (Å²) in [5.41, 5.74) is 7.08. The Morgan fingerprint density at radius 3 is 2.50 bits per heavy atom. The Morgan fingerprint density at radius 2 is 1.83 bits per heavy atom. The van der Waals surface area contributed by atoms with E-state index in [9.17, 15) is 4.39 Å². The van der Waals surface area contributed by atoms with Gasteiger partial charge in [0.25, 0.3) is 0 Å². The van der Waals surface area contributed by atoms with E-state index in [4.69, 9.17) is 15.7 Å². The van der Waals surface area contributed by atoms with Crippen molar-refractivity contribution < 1.29 is 9.13 Å². The zero-order chi connectivity index (χ0) is 13.1. The molecule has 0 aliphatic rings. The number of nitrogen functional groups attached to an aromatic ring is 1. The molecular formula is C14H11FN2O. The van der Waals surface area contributed by atoms with Gasteiger partial charge in [0.2, 0.25) is 0 Å². The van der Waals surface area contributed by atoms with Crippen molar-refractivity contribution in [3.05, 3.63) is 47.8 Å². The van der Waals surface area contributed by atoms with E-state index in [0.717, 1.165) is 0 Å². The first-order chi connectivity index (χ1) is 8.69. The fourth-order valence-electron chi connectivity index (χ4n) is 1.80. The number of hydrogen-bond donors (Lipinski definition) is 1. The minimum atomic E-state index is -0.498. The van der Waals surface area contributed by atoms with E-state index in [1.165, 1.54) is 13.2 Å². The third-order valence-electron chi connectivity index (χ3n) is 2.68. The largest absolute Gasteiger partial charge is 0.494 e. The number of anilines is 1. The average Bonchev–Trinajstić information content (AvgIpc) is 2.39. The van der Waals surface area contributed by atoms with E-state index in [1.54, 1.807) is 30.3 Å². The fraction of sp³-hybridized carbons (Fsp3) is 0.0714. The van der Waals surface area contributed by atoms with Gasteiger partial charge in [-0.15, -0.1) is 0 Å². The summed E-state index contributed by atoms with van der Waals surface area (Å²) in [6.07, 6.45) is 0. The van der Waals surface area contributed by atoms with Crippen molar-refractivity contribution in [1.29, 1.82) is 5.26 Å². The Balaban J connectivity index is 2.71. The van der Waals surface area contributed by atoms with Gasteiger partial charge in [-0.2, -0.15) is 5.26 Å². The van der Waals surface area contributed by atoms with Crippen LogP contribution in [0.1, 0.15) is 5.56 Å². The van der Waals surface area contributed by atoms with Crippen molar-refractivity contribution in [2.45, 2.75) is 0 Å². The number of nitrogens with two attached hydrogens (primary N) is 1. The van der Waals surface area contributed by atoms with Crippen LogP contribution in [-0.4, -0.2) is 7.11 Å². The van der Waals surface area contributed by atoms with Crippen LogP contribution < -0.4 is 10.5 Å². The van der Waals surface area contributed by atoms with Crippen LogP contribution >= 0.6 is 0 Å². The zero-order valence-electron chi connectivity index (χ0n) is 9.77.